The van der Waals surface area contributed by atoms with E-state index in [1.807, 2.05) is 30.3 Å². The van der Waals surface area contributed by atoms with Crippen LogP contribution in [0, 0.1) is 0 Å². The van der Waals surface area contributed by atoms with Crippen molar-refractivity contribution in [1.82, 2.24) is 19.9 Å². The molecule has 1 aliphatic rings. The Labute approximate surface area is 163 Å². The number of amides is 1. The summed E-state index contributed by atoms with van der Waals surface area (Å²) in [7, 11) is 0. The zero-order valence-corrected chi connectivity index (χ0v) is 15.4. The second kappa shape index (κ2) is 8.18. The fourth-order valence-electron chi connectivity index (χ4n) is 3.24. The number of rotatable bonds is 5. The number of aromatic nitrogens is 3. The first-order valence-corrected chi connectivity index (χ1v) is 9.27. The molecular formula is C20H22N6O2. The number of hydrogen-bond donors (Lipinski definition) is 1. The summed E-state index contributed by atoms with van der Waals surface area (Å²) in [5.74, 6) is 0.921. The van der Waals surface area contributed by atoms with Crippen LogP contribution in [0.5, 0.6) is 0 Å². The summed E-state index contributed by atoms with van der Waals surface area (Å²) in [6.07, 6.45) is 5.44. The van der Waals surface area contributed by atoms with Crippen LogP contribution in [0.4, 0.5) is 5.95 Å². The number of piperazine rings is 1. The lowest BCUT2D eigenvalue weighted by Crippen LogP contribution is -2.49. The maximum atomic E-state index is 12.7. The number of oxazole rings is 1. The van der Waals surface area contributed by atoms with Crippen molar-refractivity contribution in [3.63, 3.8) is 0 Å². The monoisotopic (exact) mass is 378 g/mol. The van der Waals surface area contributed by atoms with Crippen molar-refractivity contribution in [2.75, 3.05) is 31.1 Å². The van der Waals surface area contributed by atoms with Gasteiger partial charge in [0.2, 0.25) is 11.8 Å². The van der Waals surface area contributed by atoms with Gasteiger partial charge in [0.15, 0.2) is 5.69 Å². The molecule has 1 amide bonds. The quantitative estimate of drug-likeness (QED) is 0.720. The van der Waals surface area contributed by atoms with Gasteiger partial charge in [0.05, 0.1) is 6.04 Å². The van der Waals surface area contributed by atoms with Gasteiger partial charge in [-0.1, -0.05) is 30.3 Å². The van der Waals surface area contributed by atoms with Gasteiger partial charge in [0, 0.05) is 38.6 Å². The highest BCUT2D eigenvalue weighted by Gasteiger charge is 2.26. The van der Waals surface area contributed by atoms with Crippen molar-refractivity contribution in [3.8, 4) is 0 Å². The molecule has 1 aliphatic heterocycles. The van der Waals surface area contributed by atoms with Crippen LogP contribution in [0.15, 0.2) is 59.5 Å². The molecule has 1 fully saturated rings. The highest BCUT2D eigenvalue weighted by atomic mass is 16.3. The maximum absolute atomic E-state index is 12.7. The summed E-state index contributed by atoms with van der Waals surface area (Å²) >= 11 is 0. The van der Waals surface area contributed by atoms with E-state index in [2.05, 4.69) is 19.9 Å². The van der Waals surface area contributed by atoms with E-state index in [-0.39, 0.29) is 5.91 Å². The largest absolute Gasteiger partial charge is 0.446 e. The van der Waals surface area contributed by atoms with Gasteiger partial charge in [-0.3, -0.25) is 4.79 Å². The van der Waals surface area contributed by atoms with Crippen LogP contribution in [0.2, 0.25) is 0 Å². The molecule has 1 atom stereocenters. The van der Waals surface area contributed by atoms with E-state index in [9.17, 15) is 4.79 Å². The molecule has 8 nitrogen and oxygen atoms in total. The lowest BCUT2D eigenvalue weighted by molar-refractivity contribution is 0.0740. The number of nitrogens with zero attached hydrogens (tertiary/aromatic N) is 5. The molecule has 3 heterocycles. The van der Waals surface area contributed by atoms with E-state index in [1.165, 1.54) is 6.26 Å². The van der Waals surface area contributed by atoms with Gasteiger partial charge in [-0.2, -0.15) is 0 Å². The van der Waals surface area contributed by atoms with E-state index >= 15 is 0 Å². The van der Waals surface area contributed by atoms with E-state index in [0.717, 1.165) is 5.56 Å². The molecule has 0 spiro atoms. The molecule has 28 heavy (non-hydrogen) atoms. The number of nitrogens with two attached hydrogens (primary N) is 1. The molecular weight excluding hydrogens is 356 g/mol. The van der Waals surface area contributed by atoms with Gasteiger partial charge in [-0.05, 0) is 18.1 Å². The average molecular weight is 378 g/mol. The molecule has 0 aliphatic carbocycles. The topological polar surface area (TPSA) is 101 Å². The highest BCUT2D eigenvalue weighted by Crippen LogP contribution is 2.17. The molecule has 0 bridgehead atoms. The summed E-state index contributed by atoms with van der Waals surface area (Å²) in [5.41, 5.74) is 7.59. The van der Waals surface area contributed by atoms with Crippen molar-refractivity contribution in [3.05, 3.63) is 72.2 Å². The van der Waals surface area contributed by atoms with Crippen LogP contribution in [-0.4, -0.2) is 51.9 Å². The summed E-state index contributed by atoms with van der Waals surface area (Å²) in [6, 6.07) is 11.3. The number of hydrogen-bond acceptors (Lipinski definition) is 7. The van der Waals surface area contributed by atoms with Crippen LogP contribution in [0.1, 0.15) is 28.0 Å². The Balaban J connectivity index is 1.36. The van der Waals surface area contributed by atoms with Crippen molar-refractivity contribution in [2.45, 2.75) is 12.5 Å². The third-order valence-electron chi connectivity index (χ3n) is 4.76. The highest BCUT2D eigenvalue weighted by molar-refractivity contribution is 5.92. The molecule has 0 radical (unpaired) electrons. The van der Waals surface area contributed by atoms with Crippen LogP contribution >= 0.6 is 0 Å². The normalized spacial score (nSPS) is 15.5. The number of anilines is 1. The minimum Gasteiger partial charge on any atom is -0.446 e. The predicted octanol–water partition coefficient (Wildman–Crippen LogP) is 1.67. The number of carbonyl (C=O) groups is 1. The standard InChI is InChI=1S/C20H22N6O2/c21-16(13-15-5-2-1-3-6-15)18-24-17(14-28-18)19(27)25-9-11-26(12-10-25)20-22-7-4-8-23-20/h1-8,14,16H,9-13,21H2. The molecule has 1 unspecified atom stereocenters. The van der Waals surface area contributed by atoms with Crippen LogP contribution in [-0.2, 0) is 6.42 Å². The molecule has 0 saturated carbocycles. The van der Waals surface area contributed by atoms with Gasteiger partial charge in [-0.15, -0.1) is 0 Å². The Bertz CT molecular complexity index is 907. The first-order valence-electron chi connectivity index (χ1n) is 9.27. The first-order chi connectivity index (χ1) is 13.7. The molecule has 8 heteroatoms. The molecule has 2 aromatic heterocycles. The minimum atomic E-state index is -0.393. The second-order valence-electron chi connectivity index (χ2n) is 6.70. The predicted molar refractivity (Wildman–Crippen MR) is 104 cm³/mol. The van der Waals surface area contributed by atoms with E-state index in [1.54, 1.807) is 23.4 Å². The lowest BCUT2D eigenvalue weighted by atomic mass is 10.1. The Morgan fingerprint density at radius 3 is 2.50 bits per heavy atom. The van der Waals surface area contributed by atoms with Gasteiger partial charge < -0.3 is 20.0 Å². The molecule has 2 N–H and O–H groups in total. The minimum absolute atomic E-state index is 0.143. The van der Waals surface area contributed by atoms with Crippen molar-refractivity contribution >= 4 is 11.9 Å². The summed E-state index contributed by atoms with van der Waals surface area (Å²) < 4.78 is 5.49. The number of carbonyl (C=O) groups excluding carboxylic acids is 1. The summed E-state index contributed by atoms with van der Waals surface area (Å²) in [6.45, 7) is 2.51. The molecule has 3 aromatic rings. The SMILES string of the molecule is NC(Cc1ccccc1)c1nc(C(=O)N2CCN(c3ncccn3)CC2)co1. The van der Waals surface area contributed by atoms with Gasteiger partial charge in [-0.25, -0.2) is 15.0 Å². The maximum Gasteiger partial charge on any atom is 0.275 e. The van der Waals surface area contributed by atoms with Crippen molar-refractivity contribution < 1.29 is 9.21 Å². The molecule has 1 saturated heterocycles. The van der Waals surface area contributed by atoms with E-state index < -0.39 is 6.04 Å². The smallest absolute Gasteiger partial charge is 0.275 e. The Kier molecular flexibility index (Phi) is 5.29. The zero-order chi connectivity index (χ0) is 19.3. The molecule has 4 rings (SSSR count). The van der Waals surface area contributed by atoms with E-state index in [4.69, 9.17) is 10.2 Å². The third-order valence-corrected chi connectivity index (χ3v) is 4.76. The van der Waals surface area contributed by atoms with Gasteiger partial charge >= 0.3 is 0 Å². The zero-order valence-electron chi connectivity index (χ0n) is 15.4. The van der Waals surface area contributed by atoms with Crippen molar-refractivity contribution in [1.29, 1.82) is 0 Å². The van der Waals surface area contributed by atoms with Crippen LogP contribution < -0.4 is 10.6 Å². The first kappa shape index (κ1) is 18.1. The van der Waals surface area contributed by atoms with Crippen LogP contribution in [0.25, 0.3) is 0 Å². The van der Waals surface area contributed by atoms with Crippen molar-refractivity contribution in [2.24, 2.45) is 5.73 Å². The summed E-state index contributed by atoms with van der Waals surface area (Å²) in [4.78, 5) is 29.4. The van der Waals surface area contributed by atoms with Gasteiger partial charge in [0.25, 0.3) is 5.91 Å². The Hall–Kier alpha value is -3.26. The molecule has 144 valence electrons. The number of benzene rings is 1. The third kappa shape index (κ3) is 4.01. The van der Waals surface area contributed by atoms with E-state index in [0.29, 0.717) is 50.1 Å². The fourth-order valence-corrected chi connectivity index (χ4v) is 3.24. The lowest BCUT2D eigenvalue weighted by Gasteiger charge is -2.34. The summed E-state index contributed by atoms with van der Waals surface area (Å²) in [5, 5.41) is 0. The molecule has 1 aromatic carbocycles. The second-order valence-corrected chi connectivity index (χ2v) is 6.70. The average Bonchev–Trinajstić information content (AvgIpc) is 3.25. The fraction of sp³-hybridized carbons (Fsp3) is 0.300. The Morgan fingerprint density at radius 1 is 1.07 bits per heavy atom. The van der Waals surface area contributed by atoms with Crippen LogP contribution in [0.3, 0.4) is 0 Å². The van der Waals surface area contributed by atoms with Gasteiger partial charge in [0.1, 0.15) is 6.26 Å². The Morgan fingerprint density at radius 2 is 1.79 bits per heavy atom.